The first kappa shape index (κ1) is 8.85. The van der Waals surface area contributed by atoms with Gasteiger partial charge in [-0.1, -0.05) is 0 Å². The summed E-state index contributed by atoms with van der Waals surface area (Å²) in [4.78, 5) is 11.4. The van der Waals surface area contributed by atoms with Crippen molar-refractivity contribution in [3.05, 3.63) is 0 Å². The molecule has 0 aromatic rings. The maximum Gasteiger partial charge on any atom is 0.315 e. The number of nitrogens with one attached hydrogen (secondary N) is 2. The first-order chi connectivity index (χ1) is 6.25. The van der Waals surface area contributed by atoms with Crippen molar-refractivity contribution in [2.45, 2.75) is 51.1 Å². The fourth-order valence-corrected chi connectivity index (χ4v) is 1.70. The van der Waals surface area contributed by atoms with Gasteiger partial charge in [0.05, 0.1) is 0 Å². The molecule has 0 aromatic heterocycles. The molecule has 2 fully saturated rings. The fraction of sp³-hybridized carbons (Fsp3) is 0.900. The molecule has 74 valence electrons. The van der Waals surface area contributed by atoms with E-state index in [1.807, 2.05) is 0 Å². The van der Waals surface area contributed by atoms with Gasteiger partial charge < -0.3 is 10.6 Å². The SMILES string of the molecule is CC(NC(=O)NC1CCC1)C1CC1. The first-order valence-electron chi connectivity index (χ1n) is 5.33. The fourth-order valence-electron chi connectivity index (χ4n) is 1.70. The third-order valence-corrected chi connectivity index (χ3v) is 3.13. The van der Waals surface area contributed by atoms with Gasteiger partial charge >= 0.3 is 6.03 Å². The van der Waals surface area contributed by atoms with Crippen molar-refractivity contribution in [2.24, 2.45) is 5.92 Å². The van der Waals surface area contributed by atoms with Crippen molar-refractivity contribution < 1.29 is 4.79 Å². The van der Waals surface area contributed by atoms with E-state index in [1.165, 1.54) is 19.3 Å². The molecule has 0 spiro atoms. The summed E-state index contributed by atoms with van der Waals surface area (Å²) in [5, 5.41) is 5.97. The molecule has 3 heteroatoms. The van der Waals surface area contributed by atoms with Crippen molar-refractivity contribution in [1.82, 2.24) is 10.6 Å². The minimum absolute atomic E-state index is 0.0316. The molecule has 2 aliphatic carbocycles. The molecule has 0 aromatic carbocycles. The molecule has 2 rings (SSSR count). The number of carbonyl (C=O) groups excluding carboxylic acids is 1. The highest BCUT2D eigenvalue weighted by molar-refractivity contribution is 5.74. The van der Waals surface area contributed by atoms with E-state index >= 15 is 0 Å². The van der Waals surface area contributed by atoms with Gasteiger partial charge in [0, 0.05) is 12.1 Å². The lowest BCUT2D eigenvalue weighted by molar-refractivity contribution is 0.224. The first-order valence-corrected chi connectivity index (χ1v) is 5.33. The molecular weight excluding hydrogens is 164 g/mol. The second-order valence-electron chi connectivity index (χ2n) is 4.37. The lowest BCUT2D eigenvalue weighted by Gasteiger charge is -2.27. The Morgan fingerprint density at radius 3 is 2.46 bits per heavy atom. The Balaban J connectivity index is 1.64. The minimum atomic E-state index is 0.0316. The molecule has 2 N–H and O–H groups in total. The van der Waals surface area contributed by atoms with Crippen LogP contribution in [-0.4, -0.2) is 18.1 Å². The second kappa shape index (κ2) is 3.56. The Bertz CT molecular complexity index is 197. The summed E-state index contributed by atoms with van der Waals surface area (Å²) in [5.41, 5.74) is 0. The van der Waals surface area contributed by atoms with Crippen LogP contribution in [0.5, 0.6) is 0 Å². The predicted octanol–water partition coefficient (Wildman–Crippen LogP) is 1.64. The maximum atomic E-state index is 11.4. The van der Waals surface area contributed by atoms with Crippen LogP contribution < -0.4 is 10.6 Å². The molecule has 3 nitrogen and oxygen atoms in total. The number of amides is 2. The van der Waals surface area contributed by atoms with Crippen LogP contribution in [0.4, 0.5) is 4.79 Å². The lowest BCUT2D eigenvalue weighted by Crippen LogP contribution is -2.48. The van der Waals surface area contributed by atoms with Crippen LogP contribution in [0.1, 0.15) is 39.0 Å². The largest absolute Gasteiger partial charge is 0.335 e. The van der Waals surface area contributed by atoms with E-state index in [9.17, 15) is 4.79 Å². The average molecular weight is 182 g/mol. The highest BCUT2D eigenvalue weighted by atomic mass is 16.2. The van der Waals surface area contributed by atoms with Crippen molar-refractivity contribution >= 4 is 6.03 Å². The van der Waals surface area contributed by atoms with E-state index in [2.05, 4.69) is 17.6 Å². The monoisotopic (exact) mass is 182 g/mol. The van der Waals surface area contributed by atoms with Crippen LogP contribution in [-0.2, 0) is 0 Å². The Morgan fingerprint density at radius 1 is 1.31 bits per heavy atom. The number of urea groups is 1. The Labute approximate surface area is 79.3 Å². The number of rotatable bonds is 3. The van der Waals surface area contributed by atoms with Crippen molar-refractivity contribution in [3.63, 3.8) is 0 Å². The van der Waals surface area contributed by atoms with Gasteiger partial charge in [0.25, 0.3) is 0 Å². The van der Waals surface area contributed by atoms with E-state index in [1.54, 1.807) is 0 Å². The summed E-state index contributed by atoms with van der Waals surface area (Å²) in [6.07, 6.45) is 6.15. The van der Waals surface area contributed by atoms with Crippen LogP contribution in [0.15, 0.2) is 0 Å². The molecule has 13 heavy (non-hydrogen) atoms. The minimum Gasteiger partial charge on any atom is -0.335 e. The zero-order valence-corrected chi connectivity index (χ0v) is 8.18. The molecule has 0 aliphatic heterocycles. The molecule has 0 radical (unpaired) electrons. The van der Waals surface area contributed by atoms with E-state index in [0.29, 0.717) is 12.1 Å². The highest BCUT2D eigenvalue weighted by Gasteiger charge is 2.29. The average Bonchev–Trinajstić information content (AvgIpc) is 2.78. The summed E-state index contributed by atoms with van der Waals surface area (Å²) in [7, 11) is 0. The molecule has 1 atom stereocenters. The van der Waals surface area contributed by atoms with Crippen LogP contribution in [0, 0.1) is 5.92 Å². The van der Waals surface area contributed by atoms with E-state index < -0.39 is 0 Å². The van der Waals surface area contributed by atoms with Gasteiger partial charge in [0.15, 0.2) is 0 Å². The lowest BCUT2D eigenvalue weighted by atomic mass is 9.93. The summed E-state index contributed by atoms with van der Waals surface area (Å²) < 4.78 is 0. The standard InChI is InChI=1S/C10H18N2O/c1-7(8-5-6-8)11-10(13)12-9-3-2-4-9/h7-9H,2-6H2,1H3,(H2,11,12,13). The van der Waals surface area contributed by atoms with Crippen LogP contribution in [0.3, 0.4) is 0 Å². The third-order valence-electron chi connectivity index (χ3n) is 3.13. The Morgan fingerprint density at radius 2 is 2.00 bits per heavy atom. The van der Waals surface area contributed by atoms with Gasteiger partial charge in [-0.2, -0.15) is 0 Å². The number of carbonyl (C=O) groups is 1. The third kappa shape index (κ3) is 2.36. The topological polar surface area (TPSA) is 41.1 Å². The number of hydrogen-bond donors (Lipinski definition) is 2. The van der Waals surface area contributed by atoms with Crippen molar-refractivity contribution in [2.75, 3.05) is 0 Å². The second-order valence-corrected chi connectivity index (χ2v) is 4.37. The molecule has 0 saturated heterocycles. The van der Waals surface area contributed by atoms with Crippen molar-refractivity contribution in [3.8, 4) is 0 Å². The zero-order chi connectivity index (χ0) is 9.26. The maximum absolute atomic E-state index is 11.4. The zero-order valence-electron chi connectivity index (χ0n) is 8.18. The quantitative estimate of drug-likeness (QED) is 0.684. The molecule has 1 unspecified atom stereocenters. The molecule has 0 heterocycles. The summed E-state index contributed by atoms with van der Waals surface area (Å²) in [6, 6.07) is 0.843. The molecule has 0 bridgehead atoms. The number of hydrogen-bond acceptors (Lipinski definition) is 1. The molecule has 2 aliphatic rings. The normalized spacial score (nSPS) is 24.7. The van der Waals surface area contributed by atoms with E-state index in [4.69, 9.17) is 0 Å². The highest BCUT2D eigenvalue weighted by Crippen LogP contribution is 2.32. The van der Waals surface area contributed by atoms with Crippen LogP contribution in [0.2, 0.25) is 0 Å². The van der Waals surface area contributed by atoms with Gasteiger partial charge in [-0.15, -0.1) is 0 Å². The van der Waals surface area contributed by atoms with Crippen LogP contribution in [0.25, 0.3) is 0 Å². The van der Waals surface area contributed by atoms with E-state index in [-0.39, 0.29) is 6.03 Å². The summed E-state index contributed by atoms with van der Waals surface area (Å²) >= 11 is 0. The van der Waals surface area contributed by atoms with Crippen LogP contribution >= 0.6 is 0 Å². The molecule has 2 amide bonds. The summed E-state index contributed by atoms with van der Waals surface area (Å²) in [6.45, 7) is 2.10. The molecular formula is C10H18N2O. The predicted molar refractivity (Wildman–Crippen MR) is 51.5 cm³/mol. The van der Waals surface area contributed by atoms with Gasteiger partial charge in [-0.25, -0.2) is 4.79 Å². The van der Waals surface area contributed by atoms with Gasteiger partial charge in [0.1, 0.15) is 0 Å². The van der Waals surface area contributed by atoms with Gasteiger partial charge in [-0.3, -0.25) is 0 Å². The van der Waals surface area contributed by atoms with E-state index in [0.717, 1.165) is 18.8 Å². The van der Waals surface area contributed by atoms with Crippen molar-refractivity contribution in [1.29, 1.82) is 0 Å². The van der Waals surface area contributed by atoms with Gasteiger partial charge in [0.2, 0.25) is 0 Å². The smallest absolute Gasteiger partial charge is 0.315 e. The molecule has 2 saturated carbocycles. The summed E-state index contributed by atoms with van der Waals surface area (Å²) in [5.74, 6) is 0.743. The van der Waals surface area contributed by atoms with Gasteiger partial charge in [-0.05, 0) is 44.9 Å². The Kier molecular flexibility index (Phi) is 2.42. The Hall–Kier alpha value is -0.730.